The molecule has 29 heavy (non-hydrogen) atoms. The molecular weight excluding hydrogens is 385 g/mol. The molecule has 2 aliphatic heterocycles. The molecule has 6 heteroatoms. The third kappa shape index (κ3) is 3.87. The molecule has 5 rings (SSSR count). The molecular formula is C23H24FN3OS. The maximum atomic E-state index is 13.7. The smallest absolute Gasteiger partial charge is 0.224 e. The summed E-state index contributed by atoms with van der Waals surface area (Å²) in [6.07, 6.45) is 2.40. The summed E-state index contributed by atoms with van der Waals surface area (Å²) in [5.41, 5.74) is 4.64. The highest BCUT2D eigenvalue weighted by Gasteiger charge is 2.20. The summed E-state index contributed by atoms with van der Waals surface area (Å²) < 4.78 is 14.7. The molecule has 1 N–H and O–H groups in total. The van der Waals surface area contributed by atoms with Gasteiger partial charge in [0.25, 0.3) is 0 Å². The van der Waals surface area contributed by atoms with Crippen LogP contribution in [0.15, 0.2) is 42.5 Å². The van der Waals surface area contributed by atoms with Crippen LogP contribution in [0, 0.1) is 5.13 Å². The zero-order valence-electron chi connectivity index (χ0n) is 16.3. The number of halogens is 1. The van der Waals surface area contributed by atoms with Gasteiger partial charge in [-0.15, -0.1) is 11.3 Å². The van der Waals surface area contributed by atoms with Crippen molar-refractivity contribution in [2.24, 2.45) is 0 Å². The van der Waals surface area contributed by atoms with Crippen LogP contribution in [0.5, 0.6) is 0 Å². The molecule has 4 nitrogen and oxygen atoms in total. The van der Waals surface area contributed by atoms with Crippen LogP contribution in [0.2, 0.25) is 0 Å². The molecule has 0 bridgehead atoms. The Labute approximate surface area is 173 Å². The van der Waals surface area contributed by atoms with E-state index in [2.05, 4.69) is 39.4 Å². The number of piperazine rings is 1. The molecule has 150 valence electrons. The zero-order chi connectivity index (χ0) is 19.8. The van der Waals surface area contributed by atoms with Crippen LogP contribution in [0.4, 0.5) is 15.8 Å². The number of carbonyl (C=O) groups excluding carboxylic acids is 1. The summed E-state index contributed by atoms with van der Waals surface area (Å²) in [6.45, 7) is 4.93. The third-order valence-corrected chi connectivity index (χ3v) is 6.90. The number of nitrogens with one attached hydrogen (secondary N) is 1. The van der Waals surface area contributed by atoms with Gasteiger partial charge < -0.3 is 10.2 Å². The van der Waals surface area contributed by atoms with Crippen molar-refractivity contribution in [1.29, 1.82) is 0 Å². The molecule has 0 radical (unpaired) electrons. The molecule has 2 aliphatic rings. The van der Waals surface area contributed by atoms with Gasteiger partial charge in [0, 0.05) is 60.6 Å². The van der Waals surface area contributed by atoms with Crippen LogP contribution < -0.4 is 10.2 Å². The lowest BCUT2D eigenvalue weighted by atomic mass is 9.99. The second-order valence-electron chi connectivity index (χ2n) is 7.86. The molecule has 1 fully saturated rings. The number of aryl methyl sites for hydroxylation is 1. The first kappa shape index (κ1) is 18.6. The normalized spacial score (nSPS) is 17.4. The van der Waals surface area contributed by atoms with E-state index in [1.165, 1.54) is 22.5 Å². The second-order valence-corrected chi connectivity index (χ2v) is 8.89. The van der Waals surface area contributed by atoms with E-state index in [4.69, 9.17) is 0 Å². The van der Waals surface area contributed by atoms with Crippen molar-refractivity contribution in [2.75, 3.05) is 42.9 Å². The number of anilines is 2. The van der Waals surface area contributed by atoms with Crippen LogP contribution in [0.25, 0.3) is 10.1 Å². The summed E-state index contributed by atoms with van der Waals surface area (Å²) in [6, 6.07) is 14.3. The lowest BCUT2D eigenvalue weighted by Crippen LogP contribution is -2.47. The van der Waals surface area contributed by atoms with Gasteiger partial charge in [-0.25, -0.2) is 0 Å². The van der Waals surface area contributed by atoms with Gasteiger partial charge in [-0.1, -0.05) is 18.2 Å². The highest BCUT2D eigenvalue weighted by Crippen LogP contribution is 2.33. The van der Waals surface area contributed by atoms with Crippen LogP contribution >= 0.6 is 11.3 Å². The average molecular weight is 410 g/mol. The summed E-state index contributed by atoms with van der Waals surface area (Å²) in [5, 5.41) is 3.90. The first-order valence-electron chi connectivity index (χ1n) is 10.2. The van der Waals surface area contributed by atoms with E-state index < -0.39 is 0 Å². The van der Waals surface area contributed by atoms with Gasteiger partial charge in [0.2, 0.25) is 5.91 Å². The van der Waals surface area contributed by atoms with Crippen LogP contribution in [0.1, 0.15) is 17.5 Å². The summed E-state index contributed by atoms with van der Waals surface area (Å²) >= 11 is 1.22. The monoisotopic (exact) mass is 409 g/mol. The van der Waals surface area contributed by atoms with E-state index in [1.54, 1.807) is 6.07 Å². The largest absolute Gasteiger partial charge is 0.368 e. The lowest BCUT2D eigenvalue weighted by molar-refractivity contribution is -0.116. The number of hydrogen-bond acceptors (Lipinski definition) is 4. The summed E-state index contributed by atoms with van der Waals surface area (Å²) in [5.74, 6) is 0.117. The predicted octanol–water partition coefficient (Wildman–Crippen LogP) is 4.29. The Kier molecular flexibility index (Phi) is 4.97. The van der Waals surface area contributed by atoms with Crippen molar-refractivity contribution in [1.82, 2.24) is 4.90 Å². The fraction of sp³-hybridized carbons (Fsp3) is 0.348. The van der Waals surface area contributed by atoms with E-state index in [1.807, 2.05) is 12.1 Å². The number of fused-ring (bicyclic) bond motifs is 2. The Morgan fingerprint density at radius 1 is 1.03 bits per heavy atom. The van der Waals surface area contributed by atoms with Gasteiger partial charge in [-0.2, -0.15) is 4.39 Å². The highest BCUT2D eigenvalue weighted by atomic mass is 32.1. The van der Waals surface area contributed by atoms with E-state index in [0.717, 1.165) is 67.0 Å². The highest BCUT2D eigenvalue weighted by molar-refractivity contribution is 7.17. The summed E-state index contributed by atoms with van der Waals surface area (Å²) in [4.78, 5) is 16.5. The fourth-order valence-corrected chi connectivity index (χ4v) is 5.17. The van der Waals surface area contributed by atoms with E-state index in [9.17, 15) is 9.18 Å². The van der Waals surface area contributed by atoms with E-state index in [-0.39, 0.29) is 11.0 Å². The Balaban J connectivity index is 1.19. The number of rotatable bonds is 4. The van der Waals surface area contributed by atoms with Crippen molar-refractivity contribution in [2.45, 2.75) is 19.3 Å². The molecule has 1 aromatic heterocycles. The molecule has 1 saturated heterocycles. The van der Waals surface area contributed by atoms with Crippen molar-refractivity contribution in [3.63, 3.8) is 0 Å². The van der Waals surface area contributed by atoms with E-state index >= 15 is 0 Å². The topological polar surface area (TPSA) is 35.6 Å². The van der Waals surface area contributed by atoms with E-state index in [0.29, 0.717) is 6.42 Å². The number of amides is 1. The standard InChI is InChI=1S/C23H24FN3OS/c24-22-15-18-20(2-1-3-21(18)29-22)27-12-10-26(11-13-27)9-8-16-4-5-17-6-7-23(28)25-19(17)14-16/h1-5,14-15H,6-13H2,(H,25,28). The number of nitrogens with zero attached hydrogens (tertiary/aromatic N) is 2. The number of thiophene rings is 1. The quantitative estimate of drug-likeness (QED) is 0.698. The Hall–Kier alpha value is -2.44. The Morgan fingerprint density at radius 2 is 1.90 bits per heavy atom. The SMILES string of the molecule is O=C1CCc2ccc(CCN3CCN(c4cccc5sc(F)cc45)CC3)cc2N1. The first-order chi connectivity index (χ1) is 14.2. The van der Waals surface area contributed by atoms with Crippen molar-refractivity contribution in [3.8, 4) is 0 Å². The fourth-order valence-electron chi connectivity index (χ4n) is 4.36. The van der Waals surface area contributed by atoms with Gasteiger partial charge >= 0.3 is 0 Å². The number of benzene rings is 2. The van der Waals surface area contributed by atoms with Crippen LogP contribution in [-0.4, -0.2) is 43.5 Å². The molecule has 0 aliphatic carbocycles. The molecule has 0 atom stereocenters. The molecule has 3 aromatic rings. The Morgan fingerprint density at radius 3 is 2.76 bits per heavy atom. The Bertz CT molecular complexity index is 1060. The van der Waals surface area contributed by atoms with Crippen molar-refractivity contribution < 1.29 is 9.18 Å². The molecule has 0 saturated carbocycles. The van der Waals surface area contributed by atoms with Gasteiger partial charge in [0.1, 0.15) is 0 Å². The maximum Gasteiger partial charge on any atom is 0.224 e. The predicted molar refractivity (Wildman–Crippen MR) is 118 cm³/mol. The van der Waals surface area contributed by atoms with Crippen LogP contribution in [0.3, 0.4) is 0 Å². The minimum absolute atomic E-state index is 0.117. The number of hydrogen-bond donors (Lipinski definition) is 1. The minimum Gasteiger partial charge on any atom is -0.368 e. The van der Waals surface area contributed by atoms with Gasteiger partial charge in [-0.05, 0) is 48.2 Å². The van der Waals surface area contributed by atoms with Gasteiger partial charge in [0.15, 0.2) is 5.13 Å². The minimum atomic E-state index is -0.118. The molecule has 1 amide bonds. The lowest BCUT2D eigenvalue weighted by Gasteiger charge is -2.36. The van der Waals surface area contributed by atoms with Crippen LogP contribution in [-0.2, 0) is 17.6 Å². The third-order valence-electron chi connectivity index (χ3n) is 6.01. The van der Waals surface area contributed by atoms with Crippen molar-refractivity contribution in [3.05, 3.63) is 58.7 Å². The van der Waals surface area contributed by atoms with Gasteiger partial charge in [-0.3, -0.25) is 9.69 Å². The maximum absolute atomic E-state index is 13.7. The first-order valence-corrected chi connectivity index (χ1v) is 11.0. The van der Waals surface area contributed by atoms with Gasteiger partial charge in [0.05, 0.1) is 0 Å². The molecule has 0 unspecified atom stereocenters. The zero-order valence-corrected chi connectivity index (χ0v) is 17.1. The molecule has 2 aromatic carbocycles. The molecule has 3 heterocycles. The molecule has 0 spiro atoms. The average Bonchev–Trinajstić information content (AvgIpc) is 3.12. The van der Waals surface area contributed by atoms with Crippen molar-refractivity contribution >= 4 is 38.7 Å². The number of carbonyl (C=O) groups is 1. The second kappa shape index (κ2) is 7.76. The summed E-state index contributed by atoms with van der Waals surface area (Å²) in [7, 11) is 0.